The zero-order valence-corrected chi connectivity index (χ0v) is 34.4. The molecule has 3 aliphatic heterocycles. The number of fused-ring (bicyclic) bond motifs is 4. The molecule has 4 N–H and O–H groups in total. The van der Waals surface area contributed by atoms with Gasteiger partial charge >= 0.3 is 0 Å². The molecule has 1 unspecified atom stereocenters. The summed E-state index contributed by atoms with van der Waals surface area (Å²) in [4.78, 5) is 82.1. The van der Waals surface area contributed by atoms with Gasteiger partial charge in [-0.1, -0.05) is 60.7 Å². The summed E-state index contributed by atoms with van der Waals surface area (Å²) in [5, 5.41) is 11.1. The summed E-state index contributed by atoms with van der Waals surface area (Å²) in [5.74, 6) is -1.97. The summed E-state index contributed by atoms with van der Waals surface area (Å²) in [5.41, 5.74) is 7.13. The predicted octanol–water partition coefficient (Wildman–Crippen LogP) is 4.63. The molecule has 1 fully saturated rings. The van der Waals surface area contributed by atoms with Gasteiger partial charge in [0.2, 0.25) is 17.7 Å². The summed E-state index contributed by atoms with van der Waals surface area (Å²) in [6, 6.07) is 28.7. The smallest absolute Gasteiger partial charge is 0.264 e. The molecule has 1 saturated heterocycles. The van der Waals surface area contributed by atoms with Gasteiger partial charge in [-0.3, -0.25) is 39.0 Å². The highest BCUT2D eigenvalue weighted by molar-refractivity contribution is 6.25. The molecule has 0 saturated carbocycles. The maximum atomic E-state index is 13.3. The van der Waals surface area contributed by atoms with Crippen molar-refractivity contribution >= 4 is 46.8 Å². The number of piperidine rings is 1. The van der Waals surface area contributed by atoms with Crippen LogP contribution in [0.15, 0.2) is 97.1 Å². The monoisotopic (exact) mass is 852 g/mol. The number of aromatic nitrogens is 1. The Bertz CT molecular complexity index is 2600. The molecule has 0 bridgehead atoms. The number of nitrogens with zero attached hydrogens (tertiary/aromatic N) is 2. The van der Waals surface area contributed by atoms with E-state index >= 15 is 0 Å². The fourth-order valence-electron chi connectivity index (χ4n) is 7.79. The molecule has 4 aromatic carbocycles. The van der Waals surface area contributed by atoms with Gasteiger partial charge < -0.3 is 34.9 Å². The number of pyridine rings is 1. The lowest BCUT2D eigenvalue weighted by molar-refractivity contribution is -0.136. The highest BCUT2D eigenvalue weighted by Crippen LogP contribution is 2.42. The second-order valence-corrected chi connectivity index (χ2v) is 14.8. The van der Waals surface area contributed by atoms with Crippen LogP contribution < -0.4 is 30.7 Å². The molecule has 6 amide bonds. The first kappa shape index (κ1) is 42.3. The number of carbonyl (C=O) groups excluding carboxylic acids is 6. The van der Waals surface area contributed by atoms with E-state index in [9.17, 15) is 28.8 Å². The Hall–Kier alpha value is -7.43. The van der Waals surface area contributed by atoms with E-state index in [4.69, 9.17) is 23.9 Å². The van der Waals surface area contributed by atoms with E-state index in [0.29, 0.717) is 29.4 Å². The third-order valence-corrected chi connectivity index (χ3v) is 10.8. The molecule has 5 aromatic rings. The number of carbonyl (C=O) groups is 6. The summed E-state index contributed by atoms with van der Waals surface area (Å²) in [7, 11) is 1.52. The highest BCUT2D eigenvalue weighted by atomic mass is 16.5. The Labute approximate surface area is 362 Å². The molecule has 0 radical (unpaired) electrons. The van der Waals surface area contributed by atoms with Gasteiger partial charge in [-0.05, 0) is 59.5 Å². The number of anilines is 2. The number of methoxy groups -OCH3 is 1. The summed E-state index contributed by atoms with van der Waals surface area (Å²) in [6.45, 7) is 1.38. The third-order valence-electron chi connectivity index (χ3n) is 10.8. The lowest BCUT2D eigenvalue weighted by Gasteiger charge is -2.27. The maximum Gasteiger partial charge on any atom is 0.264 e. The van der Waals surface area contributed by atoms with Gasteiger partial charge in [-0.2, -0.15) is 0 Å². The van der Waals surface area contributed by atoms with Gasteiger partial charge in [0.25, 0.3) is 17.7 Å². The van der Waals surface area contributed by atoms with Crippen LogP contribution in [0.5, 0.6) is 11.5 Å². The van der Waals surface area contributed by atoms with Crippen molar-refractivity contribution in [2.75, 3.05) is 63.9 Å². The summed E-state index contributed by atoms with van der Waals surface area (Å²) in [6.07, 6.45) is 0.246. The van der Waals surface area contributed by atoms with Crippen molar-refractivity contribution in [3.8, 4) is 45.1 Å². The molecular weight excluding hydrogens is 809 g/mol. The minimum Gasteiger partial charge on any atom is -0.493 e. The van der Waals surface area contributed by atoms with Crippen LogP contribution in [0.4, 0.5) is 11.4 Å². The van der Waals surface area contributed by atoms with E-state index in [-0.39, 0.29) is 81.8 Å². The Kier molecular flexibility index (Phi) is 12.8. The topological polar surface area (TPSA) is 204 Å². The quantitative estimate of drug-likeness (QED) is 0.0748. The average molecular weight is 853 g/mol. The molecule has 8 rings (SSSR count). The van der Waals surface area contributed by atoms with Crippen LogP contribution in [0.25, 0.3) is 33.6 Å². The number of ether oxygens (including phenoxy) is 4. The Morgan fingerprint density at radius 3 is 2.30 bits per heavy atom. The molecule has 3 aliphatic rings. The number of hydrogen-bond donors (Lipinski definition) is 4. The van der Waals surface area contributed by atoms with Crippen molar-refractivity contribution in [1.29, 1.82) is 0 Å². The third kappa shape index (κ3) is 9.27. The van der Waals surface area contributed by atoms with Crippen LogP contribution in [-0.2, 0) is 35.1 Å². The number of imide groups is 2. The largest absolute Gasteiger partial charge is 0.493 e. The van der Waals surface area contributed by atoms with Crippen LogP contribution >= 0.6 is 0 Å². The second-order valence-electron chi connectivity index (χ2n) is 14.8. The number of benzene rings is 4. The number of amides is 6. The van der Waals surface area contributed by atoms with Crippen molar-refractivity contribution in [3.63, 3.8) is 0 Å². The van der Waals surface area contributed by atoms with Crippen molar-refractivity contribution in [3.05, 3.63) is 114 Å². The molecule has 0 aliphatic carbocycles. The van der Waals surface area contributed by atoms with Crippen LogP contribution in [-0.4, -0.2) is 105 Å². The minimum absolute atomic E-state index is 0.0432. The lowest BCUT2D eigenvalue weighted by atomic mass is 9.92. The fourth-order valence-corrected chi connectivity index (χ4v) is 7.79. The van der Waals surface area contributed by atoms with Crippen molar-refractivity contribution in [1.82, 2.24) is 20.5 Å². The van der Waals surface area contributed by atoms with Gasteiger partial charge in [0.15, 0.2) is 18.1 Å². The Morgan fingerprint density at radius 2 is 1.51 bits per heavy atom. The van der Waals surface area contributed by atoms with Crippen LogP contribution in [0, 0.1) is 0 Å². The molecule has 0 spiro atoms. The van der Waals surface area contributed by atoms with E-state index in [1.807, 2.05) is 72.8 Å². The Balaban J connectivity index is 0.788. The van der Waals surface area contributed by atoms with Gasteiger partial charge in [0.05, 0.1) is 68.2 Å². The minimum atomic E-state index is -1.04. The summed E-state index contributed by atoms with van der Waals surface area (Å²) >= 11 is 0. The molecule has 322 valence electrons. The second kappa shape index (κ2) is 19.1. The highest BCUT2D eigenvalue weighted by Gasteiger charge is 2.45. The van der Waals surface area contributed by atoms with Crippen LogP contribution in [0.3, 0.4) is 0 Å². The molecule has 1 atom stereocenters. The Morgan fingerprint density at radius 1 is 0.746 bits per heavy atom. The van der Waals surface area contributed by atoms with Crippen LogP contribution in [0.2, 0.25) is 0 Å². The number of para-hydroxylation sites is 1. The zero-order valence-electron chi connectivity index (χ0n) is 34.4. The molecule has 4 heterocycles. The fraction of sp³-hybridized carbons (Fsp3) is 0.255. The van der Waals surface area contributed by atoms with Gasteiger partial charge in [0.1, 0.15) is 6.04 Å². The first-order valence-corrected chi connectivity index (χ1v) is 20.5. The molecule has 1 aromatic heterocycles. The zero-order chi connectivity index (χ0) is 43.9. The van der Waals surface area contributed by atoms with E-state index in [1.54, 1.807) is 18.2 Å². The standard InChI is InChI=1S/C47H44N6O10/c1-60-39-24-29(32-25-36(28-8-3-2-4-9-28)51-44-30-10-5-6-12-34(30)50-41(55)26-33(32)44)14-16-38(39)63-27-42(56)49-19-21-62-23-22-61-20-18-48-35-13-7-11-31-43(35)47(59)53(46(31)58)37-15-17-40(54)52-45(37)57/h2-14,16,24-25,37,48H,15,17-23,26-27H2,1H3,(H,49,56)(H,50,55)(H,52,54,57). The maximum absolute atomic E-state index is 13.3. The van der Waals surface area contributed by atoms with Crippen LogP contribution in [0.1, 0.15) is 39.1 Å². The van der Waals surface area contributed by atoms with E-state index < -0.39 is 29.7 Å². The van der Waals surface area contributed by atoms with E-state index in [1.165, 1.54) is 13.2 Å². The predicted molar refractivity (Wildman–Crippen MR) is 231 cm³/mol. The SMILES string of the molecule is COc1cc(-c2cc(-c3ccccc3)nc3c2CC(=O)Nc2ccccc2-3)ccc1OCC(=O)NCCOCCOCCNc1cccc2c1C(=O)N(C1CCC(=O)NC1=O)C2=O. The van der Waals surface area contributed by atoms with Crippen molar-refractivity contribution < 1.29 is 47.7 Å². The first-order chi connectivity index (χ1) is 30.7. The number of hydrogen-bond acceptors (Lipinski definition) is 12. The van der Waals surface area contributed by atoms with E-state index in [2.05, 4.69) is 21.3 Å². The summed E-state index contributed by atoms with van der Waals surface area (Å²) < 4.78 is 22.8. The molecular formula is C47H44N6O10. The number of rotatable bonds is 17. The normalized spacial score (nSPS) is 15.4. The molecule has 16 heteroatoms. The van der Waals surface area contributed by atoms with Gasteiger partial charge in [0, 0.05) is 36.3 Å². The van der Waals surface area contributed by atoms with Gasteiger partial charge in [-0.15, -0.1) is 0 Å². The molecule has 63 heavy (non-hydrogen) atoms. The van der Waals surface area contributed by atoms with Crippen molar-refractivity contribution in [2.24, 2.45) is 0 Å². The average Bonchev–Trinajstić information content (AvgIpc) is 3.45. The lowest BCUT2D eigenvalue weighted by Crippen LogP contribution is -2.54. The van der Waals surface area contributed by atoms with Crippen molar-refractivity contribution in [2.45, 2.75) is 25.3 Å². The number of nitrogens with one attached hydrogen (secondary N) is 4. The van der Waals surface area contributed by atoms with Gasteiger partial charge in [-0.25, -0.2) is 4.98 Å². The first-order valence-electron chi connectivity index (χ1n) is 20.5. The molecule has 16 nitrogen and oxygen atoms in total. The van der Waals surface area contributed by atoms with E-state index in [0.717, 1.165) is 44.1 Å².